The molecule has 0 aliphatic carbocycles. The second-order valence-electron chi connectivity index (χ2n) is 6.21. The van der Waals surface area contributed by atoms with Crippen LogP contribution in [0.1, 0.15) is 34.8 Å². The van der Waals surface area contributed by atoms with Crippen LogP contribution in [-0.2, 0) is 0 Å². The van der Waals surface area contributed by atoms with Gasteiger partial charge < -0.3 is 5.32 Å². The molecule has 0 aliphatic heterocycles. The van der Waals surface area contributed by atoms with Gasteiger partial charge in [-0.15, -0.1) is 10.2 Å². The molecule has 4 rings (SSSR count). The molecule has 1 aromatic carbocycles. The van der Waals surface area contributed by atoms with Crippen molar-refractivity contribution in [2.75, 3.05) is 0 Å². The van der Waals surface area contributed by atoms with Crippen LogP contribution in [0.25, 0.3) is 11.3 Å². The van der Waals surface area contributed by atoms with Gasteiger partial charge in [-0.05, 0) is 50.2 Å². The molecule has 7 nitrogen and oxygen atoms in total. The maximum Gasteiger partial charge on any atom is 0.255 e. The standard InChI is InChI=1S/C19H17FN6O/c1-12(18-24-23-17-5-3-4-10-25(17)18)22-19(27)16-11-21-26(13(16)2)15-8-6-14(20)7-9-15/h3-12H,1-2H3,(H,22,27). The normalized spacial score (nSPS) is 12.3. The molecule has 8 heteroatoms. The molecule has 0 bridgehead atoms. The van der Waals surface area contributed by atoms with Crippen LogP contribution in [0.4, 0.5) is 4.39 Å². The number of hydrogen-bond donors (Lipinski definition) is 1. The Bertz CT molecular complexity index is 1110. The lowest BCUT2D eigenvalue weighted by molar-refractivity contribution is 0.0937. The minimum Gasteiger partial charge on any atom is -0.342 e. The Balaban J connectivity index is 1.57. The Morgan fingerprint density at radius 2 is 1.93 bits per heavy atom. The third-order valence-electron chi connectivity index (χ3n) is 4.40. The molecule has 27 heavy (non-hydrogen) atoms. The summed E-state index contributed by atoms with van der Waals surface area (Å²) in [7, 11) is 0. The van der Waals surface area contributed by atoms with Gasteiger partial charge in [0.25, 0.3) is 5.91 Å². The van der Waals surface area contributed by atoms with Crippen molar-refractivity contribution >= 4 is 11.6 Å². The molecule has 0 radical (unpaired) electrons. The summed E-state index contributed by atoms with van der Waals surface area (Å²) in [5.41, 5.74) is 2.51. The first-order valence-corrected chi connectivity index (χ1v) is 8.45. The van der Waals surface area contributed by atoms with Gasteiger partial charge in [-0.2, -0.15) is 5.10 Å². The molecule has 0 aliphatic rings. The first-order valence-electron chi connectivity index (χ1n) is 8.45. The van der Waals surface area contributed by atoms with Crippen LogP contribution in [0.15, 0.2) is 54.9 Å². The molecule has 3 aromatic heterocycles. The molecule has 1 atom stereocenters. The molecule has 1 N–H and O–H groups in total. The van der Waals surface area contributed by atoms with E-state index in [4.69, 9.17) is 0 Å². The highest BCUT2D eigenvalue weighted by molar-refractivity contribution is 5.95. The van der Waals surface area contributed by atoms with Gasteiger partial charge in [0, 0.05) is 6.20 Å². The number of carbonyl (C=O) groups is 1. The van der Waals surface area contributed by atoms with Gasteiger partial charge in [-0.25, -0.2) is 9.07 Å². The molecule has 1 unspecified atom stereocenters. The molecular formula is C19H17FN6O. The van der Waals surface area contributed by atoms with Gasteiger partial charge in [0.2, 0.25) is 0 Å². The SMILES string of the molecule is Cc1c(C(=O)NC(C)c2nnc3ccccn23)cnn1-c1ccc(F)cc1. The highest BCUT2D eigenvalue weighted by Gasteiger charge is 2.20. The van der Waals surface area contributed by atoms with E-state index in [1.165, 1.54) is 18.3 Å². The summed E-state index contributed by atoms with van der Waals surface area (Å²) in [5.74, 6) is 0.0551. The zero-order chi connectivity index (χ0) is 19.0. The average Bonchev–Trinajstić information content (AvgIpc) is 3.26. The van der Waals surface area contributed by atoms with E-state index in [1.807, 2.05) is 35.7 Å². The first-order chi connectivity index (χ1) is 13.0. The van der Waals surface area contributed by atoms with Gasteiger partial charge in [0.05, 0.1) is 29.2 Å². The first kappa shape index (κ1) is 16.9. The Kier molecular flexibility index (Phi) is 4.15. The second kappa shape index (κ2) is 6.64. The molecule has 0 saturated carbocycles. The van der Waals surface area contributed by atoms with Gasteiger partial charge in [-0.1, -0.05) is 6.07 Å². The molecular weight excluding hydrogens is 347 g/mol. The second-order valence-corrected chi connectivity index (χ2v) is 6.21. The lowest BCUT2D eigenvalue weighted by atomic mass is 10.2. The summed E-state index contributed by atoms with van der Waals surface area (Å²) in [6.45, 7) is 3.64. The lowest BCUT2D eigenvalue weighted by Crippen LogP contribution is -2.28. The Hall–Kier alpha value is -3.55. The Morgan fingerprint density at radius 1 is 1.15 bits per heavy atom. The summed E-state index contributed by atoms with van der Waals surface area (Å²) in [6, 6.07) is 11.2. The largest absolute Gasteiger partial charge is 0.342 e. The van der Waals surface area contributed by atoms with Crippen molar-refractivity contribution in [3.63, 3.8) is 0 Å². The summed E-state index contributed by atoms with van der Waals surface area (Å²) < 4.78 is 16.6. The highest BCUT2D eigenvalue weighted by Crippen LogP contribution is 2.17. The Morgan fingerprint density at radius 3 is 2.70 bits per heavy atom. The van der Waals surface area contributed by atoms with Crippen molar-refractivity contribution in [2.45, 2.75) is 19.9 Å². The van der Waals surface area contributed by atoms with Crippen LogP contribution >= 0.6 is 0 Å². The maximum absolute atomic E-state index is 13.1. The molecule has 136 valence electrons. The predicted octanol–water partition coefficient (Wildman–Crippen LogP) is 2.85. The summed E-state index contributed by atoms with van der Waals surface area (Å²) in [6.07, 6.45) is 3.35. The average molecular weight is 364 g/mol. The molecule has 1 amide bonds. The third-order valence-corrected chi connectivity index (χ3v) is 4.40. The number of fused-ring (bicyclic) bond motifs is 1. The zero-order valence-corrected chi connectivity index (χ0v) is 14.8. The number of nitrogens with one attached hydrogen (secondary N) is 1. The van der Waals surface area contributed by atoms with Crippen molar-refractivity contribution in [1.29, 1.82) is 0 Å². The molecule has 0 saturated heterocycles. The van der Waals surface area contributed by atoms with Crippen molar-refractivity contribution in [3.05, 3.63) is 77.8 Å². The van der Waals surface area contributed by atoms with Crippen molar-refractivity contribution < 1.29 is 9.18 Å². The number of carbonyl (C=O) groups excluding carboxylic acids is 1. The van der Waals surface area contributed by atoms with Crippen LogP contribution in [0.3, 0.4) is 0 Å². The quantitative estimate of drug-likeness (QED) is 0.604. The fourth-order valence-electron chi connectivity index (χ4n) is 2.97. The predicted molar refractivity (Wildman–Crippen MR) is 97.1 cm³/mol. The van der Waals surface area contributed by atoms with Crippen LogP contribution < -0.4 is 5.32 Å². The summed E-state index contributed by atoms with van der Waals surface area (Å²) in [4.78, 5) is 12.7. The number of rotatable bonds is 4. The van der Waals surface area contributed by atoms with Gasteiger partial charge >= 0.3 is 0 Å². The van der Waals surface area contributed by atoms with Crippen LogP contribution in [-0.4, -0.2) is 30.3 Å². The molecule has 3 heterocycles. The molecule has 0 fully saturated rings. The monoisotopic (exact) mass is 364 g/mol. The summed E-state index contributed by atoms with van der Waals surface area (Å²) in [5, 5.41) is 15.5. The van der Waals surface area contributed by atoms with Crippen LogP contribution in [0, 0.1) is 12.7 Å². The zero-order valence-electron chi connectivity index (χ0n) is 14.8. The van der Waals surface area contributed by atoms with E-state index in [2.05, 4.69) is 20.6 Å². The van der Waals surface area contributed by atoms with Crippen molar-refractivity contribution in [2.24, 2.45) is 0 Å². The van der Waals surface area contributed by atoms with E-state index in [9.17, 15) is 9.18 Å². The van der Waals surface area contributed by atoms with Gasteiger partial charge in [0.15, 0.2) is 11.5 Å². The van der Waals surface area contributed by atoms with E-state index in [0.717, 1.165) is 0 Å². The van der Waals surface area contributed by atoms with Crippen LogP contribution in [0.5, 0.6) is 0 Å². The number of aromatic nitrogens is 5. The number of amides is 1. The third kappa shape index (κ3) is 3.05. The lowest BCUT2D eigenvalue weighted by Gasteiger charge is -2.12. The fraction of sp³-hybridized carbons (Fsp3) is 0.158. The van der Waals surface area contributed by atoms with Crippen LogP contribution in [0.2, 0.25) is 0 Å². The van der Waals surface area contributed by atoms with Crippen molar-refractivity contribution in [1.82, 2.24) is 29.7 Å². The van der Waals surface area contributed by atoms with E-state index < -0.39 is 0 Å². The van der Waals surface area contributed by atoms with Gasteiger partial charge in [-0.3, -0.25) is 9.20 Å². The minimum absolute atomic E-state index is 0.263. The minimum atomic E-state index is -0.344. The van der Waals surface area contributed by atoms with Gasteiger partial charge in [0.1, 0.15) is 5.82 Å². The maximum atomic E-state index is 13.1. The van der Waals surface area contributed by atoms with E-state index >= 15 is 0 Å². The van der Waals surface area contributed by atoms with Crippen molar-refractivity contribution in [3.8, 4) is 5.69 Å². The fourth-order valence-corrected chi connectivity index (χ4v) is 2.97. The number of pyridine rings is 1. The number of benzene rings is 1. The number of nitrogens with zero attached hydrogens (tertiary/aromatic N) is 5. The number of hydrogen-bond acceptors (Lipinski definition) is 4. The number of halogens is 1. The topological polar surface area (TPSA) is 77.1 Å². The Labute approximate surface area is 154 Å². The van der Waals surface area contributed by atoms with E-state index in [1.54, 1.807) is 23.7 Å². The van der Waals surface area contributed by atoms with E-state index in [0.29, 0.717) is 28.4 Å². The smallest absolute Gasteiger partial charge is 0.255 e. The molecule has 0 spiro atoms. The summed E-state index contributed by atoms with van der Waals surface area (Å²) >= 11 is 0. The molecule has 4 aromatic rings. The van der Waals surface area contributed by atoms with E-state index in [-0.39, 0.29) is 17.8 Å². The highest BCUT2D eigenvalue weighted by atomic mass is 19.1.